The Morgan fingerprint density at radius 1 is 0.971 bits per heavy atom. The van der Waals surface area contributed by atoms with E-state index in [2.05, 4.69) is 32.2 Å². The topological polar surface area (TPSA) is 79.6 Å². The van der Waals surface area contributed by atoms with E-state index in [0.29, 0.717) is 11.4 Å². The van der Waals surface area contributed by atoms with Crippen LogP contribution in [-0.4, -0.2) is 21.4 Å². The molecule has 0 aliphatic carbocycles. The molecular formula is C27H28N2O4S. The number of anilines is 2. The number of fused-ring (bicyclic) bond motifs is 1. The summed E-state index contributed by atoms with van der Waals surface area (Å²) >= 11 is 0. The van der Waals surface area contributed by atoms with Gasteiger partial charge in [-0.1, -0.05) is 45.0 Å². The molecule has 0 aliphatic rings. The predicted octanol–water partition coefficient (Wildman–Crippen LogP) is 5.74. The van der Waals surface area contributed by atoms with Gasteiger partial charge in [0.05, 0.1) is 23.3 Å². The number of para-hydroxylation sites is 1. The minimum atomic E-state index is -3.71. The van der Waals surface area contributed by atoms with E-state index in [4.69, 9.17) is 4.42 Å². The Labute approximate surface area is 200 Å². The third kappa shape index (κ3) is 4.84. The molecule has 6 nitrogen and oxygen atoms in total. The number of rotatable bonds is 6. The second kappa shape index (κ2) is 8.99. The smallest absolute Gasteiger partial charge is 0.264 e. The summed E-state index contributed by atoms with van der Waals surface area (Å²) in [5.74, 6) is -0.208. The van der Waals surface area contributed by atoms with Crippen LogP contribution < -0.4 is 9.62 Å². The summed E-state index contributed by atoms with van der Waals surface area (Å²) in [5.41, 5.74) is 3.80. The molecule has 0 atom stereocenters. The normalized spacial score (nSPS) is 12.0. The van der Waals surface area contributed by atoms with Crippen LogP contribution in [0.4, 0.5) is 11.4 Å². The maximum atomic E-state index is 12.9. The number of amides is 1. The number of nitrogens with one attached hydrogen (secondary N) is 1. The number of benzene rings is 3. The number of carbonyl (C=O) groups is 1. The first kappa shape index (κ1) is 23.6. The molecule has 7 heteroatoms. The van der Waals surface area contributed by atoms with Crippen molar-refractivity contribution in [3.05, 3.63) is 90.2 Å². The minimum absolute atomic E-state index is 0.0123. The van der Waals surface area contributed by atoms with Crippen LogP contribution in [0.25, 0.3) is 11.0 Å². The van der Waals surface area contributed by atoms with Crippen molar-refractivity contribution in [2.24, 2.45) is 0 Å². The molecule has 0 aliphatic heterocycles. The van der Waals surface area contributed by atoms with E-state index in [1.54, 1.807) is 42.7 Å². The van der Waals surface area contributed by atoms with Crippen LogP contribution >= 0.6 is 0 Å². The standard InChI is InChI=1S/C27H28N2O4S/c1-27(2,3)20-10-15-25-24(17-20)19(18-33-25)16-26(30)28-21-11-13-23(14-12-21)34(31,32)29(4)22-8-6-5-7-9-22/h5-15,17-18H,16H2,1-4H3,(H,28,30). The Morgan fingerprint density at radius 2 is 1.65 bits per heavy atom. The lowest BCUT2D eigenvalue weighted by Gasteiger charge is -2.19. The SMILES string of the molecule is CN(c1ccccc1)S(=O)(=O)c1ccc(NC(=O)Cc2coc3ccc(C(C)(C)C)cc23)cc1. The third-order valence-electron chi connectivity index (χ3n) is 5.79. The molecule has 1 heterocycles. The molecule has 176 valence electrons. The van der Waals surface area contributed by atoms with Crippen LogP contribution in [0.5, 0.6) is 0 Å². The van der Waals surface area contributed by atoms with Crippen LogP contribution in [0.1, 0.15) is 31.9 Å². The Balaban J connectivity index is 1.47. The average Bonchev–Trinajstić information content (AvgIpc) is 3.20. The van der Waals surface area contributed by atoms with Crippen molar-refractivity contribution in [1.29, 1.82) is 0 Å². The lowest BCUT2D eigenvalue weighted by Crippen LogP contribution is -2.26. The molecule has 0 bridgehead atoms. The molecule has 1 N–H and O–H groups in total. The molecule has 0 saturated carbocycles. The Morgan fingerprint density at radius 3 is 2.29 bits per heavy atom. The first-order valence-electron chi connectivity index (χ1n) is 11.0. The second-order valence-corrected chi connectivity index (χ2v) is 11.2. The van der Waals surface area contributed by atoms with Crippen molar-refractivity contribution in [2.45, 2.75) is 37.5 Å². The number of hydrogen-bond donors (Lipinski definition) is 1. The zero-order valence-corrected chi connectivity index (χ0v) is 20.5. The van der Waals surface area contributed by atoms with Gasteiger partial charge >= 0.3 is 0 Å². The molecule has 4 rings (SSSR count). The molecule has 0 spiro atoms. The van der Waals surface area contributed by atoms with Gasteiger partial charge in [-0.15, -0.1) is 0 Å². The molecule has 34 heavy (non-hydrogen) atoms. The highest BCUT2D eigenvalue weighted by molar-refractivity contribution is 7.92. The van der Waals surface area contributed by atoms with Crippen LogP contribution in [-0.2, 0) is 26.7 Å². The molecule has 0 fully saturated rings. The second-order valence-electron chi connectivity index (χ2n) is 9.28. The zero-order chi connectivity index (χ0) is 24.5. The number of furan rings is 1. The van der Waals surface area contributed by atoms with Crippen LogP contribution in [0.15, 0.2) is 88.4 Å². The summed E-state index contributed by atoms with van der Waals surface area (Å²) in [6.07, 6.45) is 1.77. The van der Waals surface area contributed by atoms with Crippen LogP contribution in [0, 0.1) is 0 Å². The van der Waals surface area contributed by atoms with Gasteiger partial charge in [0.1, 0.15) is 5.58 Å². The Kier molecular flexibility index (Phi) is 6.23. The first-order valence-corrected chi connectivity index (χ1v) is 12.4. The van der Waals surface area contributed by atoms with Gasteiger partial charge in [0, 0.05) is 23.7 Å². The van der Waals surface area contributed by atoms with E-state index in [9.17, 15) is 13.2 Å². The molecule has 0 unspecified atom stereocenters. The Bertz CT molecular complexity index is 1420. The summed E-state index contributed by atoms with van der Waals surface area (Å²) < 4.78 is 32.7. The van der Waals surface area contributed by atoms with E-state index in [-0.39, 0.29) is 22.6 Å². The van der Waals surface area contributed by atoms with Gasteiger partial charge in [-0.2, -0.15) is 0 Å². The van der Waals surface area contributed by atoms with Gasteiger partial charge in [-0.25, -0.2) is 8.42 Å². The molecule has 1 amide bonds. The van der Waals surface area contributed by atoms with Gasteiger partial charge in [-0.05, 0) is 59.5 Å². The van der Waals surface area contributed by atoms with Crippen molar-refractivity contribution >= 4 is 38.3 Å². The summed E-state index contributed by atoms with van der Waals surface area (Å²) in [5, 5.41) is 3.76. The molecule has 4 aromatic rings. The zero-order valence-electron chi connectivity index (χ0n) is 19.7. The van der Waals surface area contributed by atoms with E-state index in [1.807, 2.05) is 18.2 Å². The fourth-order valence-electron chi connectivity index (χ4n) is 3.71. The highest BCUT2D eigenvalue weighted by atomic mass is 32.2. The molecule has 1 aromatic heterocycles. The molecule has 0 saturated heterocycles. The largest absolute Gasteiger partial charge is 0.464 e. The van der Waals surface area contributed by atoms with Crippen molar-refractivity contribution in [3.8, 4) is 0 Å². The maximum Gasteiger partial charge on any atom is 0.264 e. The molecule has 3 aromatic carbocycles. The van der Waals surface area contributed by atoms with Crippen molar-refractivity contribution in [1.82, 2.24) is 0 Å². The van der Waals surface area contributed by atoms with Crippen molar-refractivity contribution in [3.63, 3.8) is 0 Å². The predicted molar refractivity (Wildman–Crippen MR) is 136 cm³/mol. The van der Waals surface area contributed by atoms with Crippen molar-refractivity contribution in [2.75, 3.05) is 16.7 Å². The van der Waals surface area contributed by atoms with Gasteiger partial charge < -0.3 is 9.73 Å². The average molecular weight is 477 g/mol. The fraction of sp³-hybridized carbons (Fsp3) is 0.222. The summed E-state index contributed by atoms with van der Waals surface area (Å²) in [6.45, 7) is 6.42. The van der Waals surface area contributed by atoms with Gasteiger partial charge in [0.25, 0.3) is 10.0 Å². The number of nitrogens with zero attached hydrogens (tertiary/aromatic N) is 1. The molecule has 0 radical (unpaired) electrons. The van der Waals surface area contributed by atoms with E-state index >= 15 is 0 Å². The highest BCUT2D eigenvalue weighted by Crippen LogP contribution is 2.29. The number of carbonyl (C=O) groups excluding carboxylic acids is 1. The summed E-state index contributed by atoms with van der Waals surface area (Å²) in [4.78, 5) is 12.8. The summed E-state index contributed by atoms with van der Waals surface area (Å²) in [7, 11) is -2.20. The fourth-order valence-corrected chi connectivity index (χ4v) is 4.90. The van der Waals surface area contributed by atoms with Crippen molar-refractivity contribution < 1.29 is 17.6 Å². The third-order valence-corrected chi connectivity index (χ3v) is 7.59. The first-order chi connectivity index (χ1) is 16.1. The lowest BCUT2D eigenvalue weighted by molar-refractivity contribution is -0.115. The number of sulfonamides is 1. The van der Waals surface area contributed by atoms with E-state index in [0.717, 1.165) is 16.5 Å². The highest BCUT2D eigenvalue weighted by Gasteiger charge is 2.21. The van der Waals surface area contributed by atoms with E-state index < -0.39 is 10.0 Å². The van der Waals surface area contributed by atoms with Crippen LogP contribution in [0.3, 0.4) is 0 Å². The van der Waals surface area contributed by atoms with E-state index in [1.165, 1.54) is 29.0 Å². The lowest BCUT2D eigenvalue weighted by atomic mass is 9.86. The minimum Gasteiger partial charge on any atom is -0.464 e. The van der Waals surface area contributed by atoms with Gasteiger partial charge in [-0.3, -0.25) is 9.10 Å². The maximum absolute atomic E-state index is 12.9. The van der Waals surface area contributed by atoms with Gasteiger partial charge in [0.2, 0.25) is 5.91 Å². The summed E-state index contributed by atoms with van der Waals surface area (Å²) in [6, 6.07) is 21.1. The quantitative estimate of drug-likeness (QED) is 0.385. The number of hydrogen-bond acceptors (Lipinski definition) is 4. The van der Waals surface area contributed by atoms with Crippen LogP contribution in [0.2, 0.25) is 0 Å². The molecular weight excluding hydrogens is 448 g/mol. The van der Waals surface area contributed by atoms with Gasteiger partial charge in [0.15, 0.2) is 0 Å². The Hall–Kier alpha value is -3.58. The monoisotopic (exact) mass is 476 g/mol.